The molecule has 0 saturated heterocycles. The molecule has 0 aromatic carbocycles. The number of hydrogen-bond donors (Lipinski definition) is 2. The van der Waals surface area contributed by atoms with Crippen LogP contribution in [0.3, 0.4) is 0 Å². The second-order valence-corrected chi connectivity index (χ2v) is 4.91. The van der Waals surface area contributed by atoms with Crippen molar-refractivity contribution >= 4 is 12.0 Å². The van der Waals surface area contributed by atoms with E-state index in [-0.39, 0.29) is 6.03 Å². The molecule has 5 heteroatoms. The molecule has 2 N–H and O–H groups in total. The van der Waals surface area contributed by atoms with Crippen LogP contribution in [0, 0.1) is 5.92 Å². The number of nitrogens with one attached hydrogen (secondary N) is 1. The predicted molar refractivity (Wildman–Crippen MR) is 60.2 cm³/mol. The fraction of sp³-hybridized carbons (Fsp3) is 0.818. The highest BCUT2D eigenvalue weighted by molar-refractivity contribution is 5.86. The summed E-state index contributed by atoms with van der Waals surface area (Å²) in [4.78, 5) is 24.3. The van der Waals surface area contributed by atoms with Crippen molar-refractivity contribution in [3.63, 3.8) is 0 Å². The topological polar surface area (TPSA) is 69.6 Å². The van der Waals surface area contributed by atoms with Gasteiger partial charge in [0.05, 0.1) is 0 Å². The van der Waals surface area contributed by atoms with Crippen molar-refractivity contribution in [1.82, 2.24) is 10.2 Å². The zero-order chi connectivity index (χ0) is 12.3. The highest BCUT2D eigenvalue weighted by Gasteiger charge is 2.43. The summed E-state index contributed by atoms with van der Waals surface area (Å²) in [6, 6.07) is -0.337. The zero-order valence-electron chi connectivity index (χ0n) is 10.1. The standard InChI is InChI=1S/C11H20N2O3/c1-8-5-4-6-11(7-8,9(14)15)12-10(16)13(2)3/h8H,4-7H2,1-3H3,(H,12,16)(H,14,15). The van der Waals surface area contributed by atoms with E-state index in [0.717, 1.165) is 12.8 Å². The van der Waals surface area contributed by atoms with Crippen LogP contribution in [0.4, 0.5) is 4.79 Å². The first kappa shape index (κ1) is 12.8. The fourth-order valence-electron chi connectivity index (χ4n) is 2.23. The lowest BCUT2D eigenvalue weighted by Crippen LogP contribution is -2.58. The first-order valence-electron chi connectivity index (χ1n) is 5.60. The van der Waals surface area contributed by atoms with Crippen molar-refractivity contribution in [2.75, 3.05) is 14.1 Å². The number of carboxylic acid groups (broad SMARTS) is 1. The molecule has 2 unspecified atom stereocenters. The highest BCUT2D eigenvalue weighted by Crippen LogP contribution is 2.32. The van der Waals surface area contributed by atoms with E-state index in [1.54, 1.807) is 14.1 Å². The average Bonchev–Trinajstić information content (AvgIpc) is 2.17. The van der Waals surface area contributed by atoms with E-state index in [1.807, 2.05) is 6.92 Å². The zero-order valence-corrected chi connectivity index (χ0v) is 10.1. The van der Waals surface area contributed by atoms with E-state index < -0.39 is 11.5 Å². The average molecular weight is 228 g/mol. The summed E-state index contributed by atoms with van der Waals surface area (Å²) in [5.74, 6) is -0.582. The van der Waals surface area contributed by atoms with E-state index in [0.29, 0.717) is 18.8 Å². The maximum absolute atomic E-state index is 11.6. The molecule has 0 aromatic rings. The van der Waals surface area contributed by atoms with Gasteiger partial charge in [-0.15, -0.1) is 0 Å². The smallest absolute Gasteiger partial charge is 0.329 e. The molecular formula is C11H20N2O3. The number of carbonyl (C=O) groups excluding carboxylic acids is 1. The summed E-state index contributed by atoms with van der Waals surface area (Å²) in [6.45, 7) is 2.03. The third kappa shape index (κ3) is 2.65. The van der Waals surface area contributed by atoms with Gasteiger partial charge in [0.1, 0.15) is 5.54 Å². The lowest BCUT2D eigenvalue weighted by molar-refractivity contribution is -0.146. The van der Waals surface area contributed by atoms with E-state index >= 15 is 0 Å². The van der Waals surface area contributed by atoms with E-state index in [1.165, 1.54) is 4.90 Å². The normalized spacial score (nSPS) is 29.6. The molecule has 1 fully saturated rings. The molecule has 16 heavy (non-hydrogen) atoms. The van der Waals surface area contributed by atoms with Crippen LogP contribution in [-0.2, 0) is 4.79 Å². The van der Waals surface area contributed by atoms with Gasteiger partial charge in [-0.25, -0.2) is 9.59 Å². The third-order valence-corrected chi connectivity index (χ3v) is 3.16. The van der Waals surface area contributed by atoms with Crippen molar-refractivity contribution in [3.05, 3.63) is 0 Å². The molecule has 1 aliphatic rings. The third-order valence-electron chi connectivity index (χ3n) is 3.16. The van der Waals surface area contributed by atoms with Crippen molar-refractivity contribution in [2.24, 2.45) is 5.92 Å². The lowest BCUT2D eigenvalue weighted by atomic mass is 9.76. The van der Waals surface area contributed by atoms with Gasteiger partial charge in [0.2, 0.25) is 0 Å². The van der Waals surface area contributed by atoms with Gasteiger partial charge in [-0.2, -0.15) is 0 Å². The number of amides is 2. The Morgan fingerprint density at radius 1 is 1.44 bits per heavy atom. The molecule has 5 nitrogen and oxygen atoms in total. The largest absolute Gasteiger partial charge is 0.480 e. The number of urea groups is 1. The summed E-state index contributed by atoms with van der Waals surface area (Å²) in [6.07, 6.45) is 2.92. The van der Waals surface area contributed by atoms with Gasteiger partial charge >= 0.3 is 12.0 Å². The molecule has 0 radical (unpaired) electrons. The van der Waals surface area contributed by atoms with E-state index in [9.17, 15) is 14.7 Å². The lowest BCUT2D eigenvalue weighted by Gasteiger charge is -2.37. The van der Waals surface area contributed by atoms with Crippen LogP contribution in [0.1, 0.15) is 32.6 Å². The van der Waals surface area contributed by atoms with Crippen LogP contribution in [0.5, 0.6) is 0 Å². The molecule has 0 aromatic heterocycles. The second-order valence-electron chi connectivity index (χ2n) is 4.91. The Bertz CT molecular complexity index is 289. The number of aliphatic carboxylic acids is 1. The predicted octanol–water partition coefficient (Wildman–Crippen LogP) is 1.29. The molecule has 2 amide bonds. The molecular weight excluding hydrogens is 208 g/mol. The van der Waals surface area contributed by atoms with Crippen LogP contribution in [-0.4, -0.2) is 41.6 Å². The first-order valence-corrected chi connectivity index (χ1v) is 5.60. The number of hydrogen-bond acceptors (Lipinski definition) is 2. The van der Waals surface area contributed by atoms with Gasteiger partial charge in [-0.05, 0) is 18.8 Å². The summed E-state index contributed by atoms with van der Waals surface area (Å²) >= 11 is 0. The Morgan fingerprint density at radius 2 is 2.06 bits per heavy atom. The maximum atomic E-state index is 11.6. The molecule has 0 aliphatic heterocycles. The Balaban J connectivity index is 2.80. The number of carboxylic acids is 1. The monoisotopic (exact) mass is 228 g/mol. The Labute approximate surface area is 95.8 Å². The minimum Gasteiger partial charge on any atom is -0.480 e. The molecule has 0 bridgehead atoms. The van der Waals surface area contributed by atoms with Gasteiger partial charge in [0, 0.05) is 14.1 Å². The van der Waals surface area contributed by atoms with Crippen molar-refractivity contribution < 1.29 is 14.7 Å². The van der Waals surface area contributed by atoms with Gasteiger partial charge in [0.25, 0.3) is 0 Å². The maximum Gasteiger partial charge on any atom is 0.329 e. The Kier molecular flexibility index (Phi) is 3.78. The van der Waals surface area contributed by atoms with Crippen LogP contribution in [0.2, 0.25) is 0 Å². The SMILES string of the molecule is CC1CCCC(NC(=O)N(C)C)(C(=O)O)C1. The van der Waals surface area contributed by atoms with Crippen LogP contribution in [0.25, 0.3) is 0 Å². The summed E-state index contributed by atoms with van der Waals surface area (Å²) in [5.41, 5.74) is -1.07. The van der Waals surface area contributed by atoms with Gasteiger partial charge in [-0.1, -0.05) is 19.8 Å². The number of rotatable bonds is 2. The minimum absolute atomic E-state index is 0.337. The van der Waals surface area contributed by atoms with Crippen LogP contribution in [0.15, 0.2) is 0 Å². The first-order chi connectivity index (χ1) is 7.37. The molecule has 1 rings (SSSR count). The summed E-state index contributed by atoms with van der Waals surface area (Å²) in [5, 5.41) is 12.0. The van der Waals surface area contributed by atoms with Crippen LogP contribution < -0.4 is 5.32 Å². The molecule has 1 saturated carbocycles. The Hall–Kier alpha value is -1.26. The van der Waals surface area contributed by atoms with E-state index in [4.69, 9.17) is 0 Å². The molecule has 92 valence electrons. The van der Waals surface area contributed by atoms with Gasteiger partial charge in [0.15, 0.2) is 0 Å². The quantitative estimate of drug-likeness (QED) is 0.748. The van der Waals surface area contributed by atoms with Crippen LogP contribution >= 0.6 is 0 Å². The fourth-order valence-corrected chi connectivity index (χ4v) is 2.23. The Morgan fingerprint density at radius 3 is 2.50 bits per heavy atom. The van der Waals surface area contributed by atoms with Gasteiger partial charge < -0.3 is 15.3 Å². The van der Waals surface area contributed by atoms with Crippen molar-refractivity contribution in [2.45, 2.75) is 38.1 Å². The van der Waals surface area contributed by atoms with E-state index in [2.05, 4.69) is 5.32 Å². The highest BCUT2D eigenvalue weighted by atomic mass is 16.4. The molecule has 2 atom stereocenters. The second kappa shape index (κ2) is 4.72. The molecule has 0 spiro atoms. The summed E-state index contributed by atoms with van der Waals surface area (Å²) < 4.78 is 0. The number of carbonyl (C=O) groups is 2. The summed E-state index contributed by atoms with van der Waals surface area (Å²) in [7, 11) is 3.22. The molecule has 0 heterocycles. The number of nitrogens with zero attached hydrogens (tertiary/aromatic N) is 1. The minimum atomic E-state index is -1.07. The van der Waals surface area contributed by atoms with Gasteiger partial charge in [-0.3, -0.25) is 0 Å². The molecule has 1 aliphatic carbocycles. The van der Waals surface area contributed by atoms with Crippen molar-refractivity contribution in [1.29, 1.82) is 0 Å². The van der Waals surface area contributed by atoms with Crippen molar-refractivity contribution in [3.8, 4) is 0 Å².